The fourth-order valence-electron chi connectivity index (χ4n) is 3.23. The minimum absolute atomic E-state index is 0.0500. The summed E-state index contributed by atoms with van der Waals surface area (Å²) in [6.45, 7) is 0.453. The Morgan fingerprint density at radius 3 is 2.50 bits per heavy atom. The van der Waals surface area contributed by atoms with E-state index in [0.717, 1.165) is 16.8 Å². The van der Waals surface area contributed by atoms with Crippen molar-refractivity contribution in [2.75, 3.05) is 38.5 Å². The van der Waals surface area contributed by atoms with Crippen LogP contribution in [-0.2, 0) is 17.8 Å². The SMILES string of the molecule is COc1cccc(Cn2nccc2NC(=O)CCc2ccc(N(C)C)cc2)c1OC. The number of nitrogens with one attached hydrogen (secondary N) is 1. The molecule has 0 fully saturated rings. The van der Waals surface area contributed by atoms with Gasteiger partial charge in [-0.3, -0.25) is 4.79 Å². The Labute approximate surface area is 177 Å². The van der Waals surface area contributed by atoms with Crippen molar-refractivity contribution in [2.24, 2.45) is 0 Å². The lowest BCUT2D eigenvalue weighted by atomic mass is 10.1. The molecule has 0 saturated heterocycles. The van der Waals surface area contributed by atoms with Crippen molar-refractivity contribution in [3.05, 3.63) is 65.9 Å². The van der Waals surface area contributed by atoms with Crippen LogP contribution in [0.2, 0.25) is 0 Å². The van der Waals surface area contributed by atoms with Gasteiger partial charge in [0, 0.05) is 37.8 Å². The predicted molar refractivity (Wildman–Crippen MR) is 119 cm³/mol. The predicted octanol–water partition coefficient (Wildman–Crippen LogP) is 3.59. The van der Waals surface area contributed by atoms with Gasteiger partial charge in [-0.2, -0.15) is 5.10 Å². The zero-order valence-electron chi connectivity index (χ0n) is 17.9. The van der Waals surface area contributed by atoms with Gasteiger partial charge in [0.1, 0.15) is 5.82 Å². The summed E-state index contributed by atoms with van der Waals surface area (Å²) in [5.41, 5.74) is 3.18. The van der Waals surface area contributed by atoms with Crippen molar-refractivity contribution >= 4 is 17.4 Å². The Hall–Kier alpha value is -3.48. The molecule has 0 bridgehead atoms. The minimum Gasteiger partial charge on any atom is -0.493 e. The number of carbonyl (C=O) groups excluding carboxylic acids is 1. The van der Waals surface area contributed by atoms with Gasteiger partial charge in [-0.05, 0) is 30.2 Å². The number of hydrogen-bond donors (Lipinski definition) is 1. The van der Waals surface area contributed by atoms with Crippen LogP contribution in [0.5, 0.6) is 11.5 Å². The van der Waals surface area contributed by atoms with Crippen molar-refractivity contribution < 1.29 is 14.3 Å². The fraction of sp³-hybridized carbons (Fsp3) is 0.304. The molecule has 0 aliphatic heterocycles. The molecule has 1 aromatic heterocycles. The number of rotatable bonds is 9. The monoisotopic (exact) mass is 408 g/mol. The lowest BCUT2D eigenvalue weighted by Crippen LogP contribution is -2.16. The molecule has 0 unspecified atom stereocenters. The first kappa shape index (κ1) is 21.2. The number of nitrogens with zero attached hydrogens (tertiary/aromatic N) is 3. The van der Waals surface area contributed by atoms with Gasteiger partial charge in [0.25, 0.3) is 0 Å². The van der Waals surface area contributed by atoms with Crippen LogP contribution < -0.4 is 19.7 Å². The Morgan fingerprint density at radius 2 is 1.83 bits per heavy atom. The second-order valence-corrected chi connectivity index (χ2v) is 7.14. The topological polar surface area (TPSA) is 68.6 Å². The average Bonchev–Trinajstić information content (AvgIpc) is 3.18. The van der Waals surface area contributed by atoms with Gasteiger partial charge in [0.05, 0.1) is 27.0 Å². The van der Waals surface area contributed by atoms with Crippen LogP contribution in [0.1, 0.15) is 17.5 Å². The molecule has 7 nitrogen and oxygen atoms in total. The third-order valence-corrected chi connectivity index (χ3v) is 4.88. The van der Waals surface area contributed by atoms with E-state index in [4.69, 9.17) is 9.47 Å². The zero-order valence-corrected chi connectivity index (χ0v) is 17.9. The smallest absolute Gasteiger partial charge is 0.225 e. The van der Waals surface area contributed by atoms with E-state index in [0.29, 0.717) is 36.7 Å². The number of hydrogen-bond acceptors (Lipinski definition) is 5. The molecule has 1 heterocycles. The highest BCUT2D eigenvalue weighted by atomic mass is 16.5. The number of amides is 1. The summed E-state index contributed by atoms with van der Waals surface area (Å²) in [4.78, 5) is 14.5. The largest absolute Gasteiger partial charge is 0.493 e. The zero-order chi connectivity index (χ0) is 21.5. The molecule has 0 aliphatic carbocycles. The molecule has 0 spiro atoms. The molecule has 3 aromatic rings. The molecule has 0 aliphatic rings. The number of methoxy groups -OCH3 is 2. The van der Waals surface area contributed by atoms with E-state index in [9.17, 15) is 4.79 Å². The summed E-state index contributed by atoms with van der Waals surface area (Å²) in [5.74, 6) is 1.92. The van der Waals surface area contributed by atoms with Crippen LogP contribution in [0, 0.1) is 0 Å². The van der Waals surface area contributed by atoms with E-state index in [1.807, 2.05) is 32.3 Å². The highest BCUT2D eigenvalue weighted by molar-refractivity contribution is 5.90. The summed E-state index contributed by atoms with van der Waals surface area (Å²) in [6, 6.07) is 15.7. The average molecular weight is 409 g/mol. The third-order valence-electron chi connectivity index (χ3n) is 4.88. The maximum absolute atomic E-state index is 12.5. The molecule has 30 heavy (non-hydrogen) atoms. The molecule has 2 aromatic carbocycles. The van der Waals surface area contributed by atoms with Gasteiger partial charge < -0.3 is 19.7 Å². The second kappa shape index (κ2) is 9.82. The minimum atomic E-state index is -0.0500. The summed E-state index contributed by atoms with van der Waals surface area (Å²) in [5, 5.41) is 7.30. The number of aromatic nitrogens is 2. The molecule has 158 valence electrons. The normalized spacial score (nSPS) is 10.5. The van der Waals surface area contributed by atoms with Gasteiger partial charge in [0.2, 0.25) is 5.91 Å². The van der Waals surface area contributed by atoms with Gasteiger partial charge >= 0.3 is 0 Å². The van der Waals surface area contributed by atoms with E-state index in [1.165, 1.54) is 0 Å². The molecule has 0 atom stereocenters. The summed E-state index contributed by atoms with van der Waals surface area (Å²) >= 11 is 0. The van der Waals surface area contributed by atoms with Crippen molar-refractivity contribution in [3.63, 3.8) is 0 Å². The maximum Gasteiger partial charge on any atom is 0.225 e. The van der Waals surface area contributed by atoms with E-state index in [-0.39, 0.29) is 5.91 Å². The van der Waals surface area contributed by atoms with Crippen LogP contribution in [0.15, 0.2) is 54.7 Å². The number of aryl methyl sites for hydroxylation is 1. The molecular weight excluding hydrogens is 380 g/mol. The van der Waals surface area contributed by atoms with Crippen molar-refractivity contribution in [2.45, 2.75) is 19.4 Å². The van der Waals surface area contributed by atoms with Crippen molar-refractivity contribution in [1.82, 2.24) is 9.78 Å². The molecule has 0 saturated carbocycles. The lowest BCUT2D eigenvalue weighted by molar-refractivity contribution is -0.116. The number of carbonyl (C=O) groups is 1. The van der Waals surface area contributed by atoms with Gasteiger partial charge in [0.15, 0.2) is 11.5 Å². The summed E-state index contributed by atoms with van der Waals surface area (Å²) < 4.78 is 12.6. The number of ether oxygens (including phenoxy) is 2. The molecule has 7 heteroatoms. The first-order valence-corrected chi connectivity index (χ1v) is 9.79. The van der Waals surface area contributed by atoms with Crippen LogP contribution in [0.3, 0.4) is 0 Å². The third kappa shape index (κ3) is 5.11. The van der Waals surface area contributed by atoms with Crippen molar-refractivity contribution in [1.29, 1.82) is 0 Å². The quantitative estimate of drug-likeness (QED) is 0.586. The second-order valence-electron chi connectivity index (χ2n) is 7.14. The van der Waals surface area contributed by atoms with Crippen LogP contribution >= 0.6 is 0 Å². The number of benzene rings is 2. The fourth-order valence-corrected chi connectivity index (χ4v) is 3.23. The Kier molecular flexibility index (Phi) is 6.95. The van der Waals surface area contributed by atoms with E-state index >= 15 is 0 Å². The highest BCUT2D eigenvalue weighted by Crippen LogP contribution is 2.31. The molecule has 1 amide bonds. The van der Waals surface area contributed by atoms with Gasteiger partial charge in [-0.1, -0.05) is 24.3 Å². The van der Waals surface area contributed by atoms with E-state index < -0.39 is 0 Å². The first-order chi connectivity index (χ1) is 14.5. The first-order valence-electron chi connectivity index (χ1n) is 9.79. The van der Waals surface area contributed by atoms with Crippen molar-refractivity contribution in [3.8, 4) is 11.5 Å². The van der Waals surface area contributed by atoms with Crippen LogP contribution in [-0.4, -0.2) is 44.0 Å². The Morgan fingerprint density at radius 1 is 1.07 bits per heavy atom. The molecule has 3 rings (SSSR count). The van der Waals surface area contributed by atoms with E-state index in [2.05, 4.69) is 39.6 Å². The number of anilines is 2. The van der Waals surface area contributed by atoms with Gasteiger partial charge in [-0.25, -0.2) is 4.68 Å². The summed E-state index contributed by atoms with van der Waals surface area (Å²) in [6.07, 6.45) is 2.74. The lowest BCUT2D eigenvalue weighted by Gasteiger charge is -2.14. The molecule has 1 N–H and O–H groups in total. The van der Waals surface area contributed by atoms with Crippen LogP contribution in [0.25, 0.3) is 0 Å². The molecule has 0 radical (unpaired) electrons. The van der Waals surface area contributed by atoms with E-state index in [1.54, 1.807) is 31.2 Å². The maximum atomic E-state index is 12.5. The summed E-state index contributed by atoms with van der Waals surface area (Å²) in [7, 11) is 7.23. The standard InChI is InChI=1S/C23H28N4O3/c1-26(2)19-11-8-17(9-12-19)10-13-22(28)25-21-14-15-24-27(21)16-18-6-5-7-20(29-3)23(18)30-4/h5-9,11-12,14-15H,10,13,16H2,1-4H3,(H,25,28). The van der Waals surface area contributed by atoms with Gasteiger partial charge in [-0.15, -0.1) is 0 Å². The Balaban J connectivity index is 1.62. The molecular formula is C23H28N4O3. The number of para-hydroxylation sites is 1. The Bertz CT molecular complexity index is 980. The highest BCUT2D eigenvalue weighted by Gasteiger charge is 2.13. The van der Waals surface area contributed by atoms with Crippen LogP contribution in [0.4, 0.5) is 11.5 Å².